The Hall–Kier alpha value is -3.15. The third kappa shape index (κ3) is 3.58. The molecule has 6 heteroatoms. The van der Waals surface area contributed by atoms with Crippen LogP contribution in [0, 0.1) is 11.8 Å². The highest BCUT2D eigenvalue weighted by molar-refractivity contribution is 6.21. The van der Waals surface area contributed by atoms with Crippen LogP contribution in [0.25, 0.3) is 0 Å². The van der Waals surface area contributed by atoms with Gasteiger partial charge in [-0.25, -0.2) is 0 Å². The van der Waals surface area contributed by atoms with Crippen molar-refractivity contribution in [2.24, 2.45) is 11.8 Å². The second-order valence-corrected chi connectivity index (χ2v) is 8.43. The number of carbonyl (C=O) groups is 3. The predicted octanol–water partition coefficient (Wildman–Crippen LogP) is 3.61. The van der Waals surface area contributed by atoms with Crippen molar-refractivity contribution in [3.8, 4) is 5.75 Å². The number of benzene rings is 2. The zero-order valence-electron chi connectivity index (χ0n) is 17.6. The van der Waals surface area contributed by atoms with Gasteiger partial charge in [-0.3, -0.25) is 19.3 Å². The minimum Gasteiger partial charge on any atom is -0.496 e. The summed E-state index contributed by atoms with van der Waals surface area (Å²) in [5.74, 6) is 0.706. The van der Waals surface area contributed by atoms with Crippen molar-refractivity contribution in [3.63, 3.8) is 0 Å². The number of hydrogen-bond acceptors (Lipinski definition) is 4. The number of imide groups is 1. The lowest BCUT2D eigenvalue weighted by Gasteiger charge is -2.35. The molecule has 0 saturated carbocycles. The van der Waals surface area contributed by atoms with Gasteiger partial charge >= 0.3 is 0 Å². The molecule has 30 heavy (non-hydrogen) atoms. The molecule has 2 aromatic rings. The summed E-state index contributed by atoms with van der Waals surface area (Å²) in [5, 5.41) is 0. The van der Waals surface area contributed by atoms with Crippen LogP contribution in [0.15, 0.2) is 42.5 Å². The Morgan fingerprint density at radius 3 is 2.17 bits per heavy atom. The predicted molar refractivity (Wildman–Crippen MR) is 112 cm³/mol. The lowest BCUT2D eigenvalue weighted by atomic mass is 9.91. The summed E-state index contributed by atoms with van der Waals surface area (Å²) < 4.78 is 5.43. The minimum atomic E-state index is -0.307. The van der Waals surface area contributed by atoms with Gasteiger partial charge in [0.1, 0.15) is 5.75 Å². The third-order valence-corrected chi connectivity index (χ3v) is 5.87. The number of carbonyl (C=O) groups excluding carboxylic acids is 3. The molecule has 1 saturated heterocycles. The van der Waals surface area contributed by atoms with Gasteiger partial charge < -0.3 is 9.64 Å². The van der Waals surface area contributed by atoms with Crippen LogP contribution < -0.4 is 4.74 Å². The van der Waals surface area contributed by atoms with E-state index in [1.165, 1.54) is 12.0 Å². The van der Waals surface area contributed by atoms with Crippen molar-refractivity contribution in [1.82, 2.24) is 9.80 Å². The van der Waals surface area contributed by atoms with Crippen molar-refractivity contribution in [1.29, 1.82) is 0 Å². The van der Waals surface area contributed by atoms with Gasteiger partial charge in [-0.15, -0.1) is 0 Å². The third-order valence-electron chi connectivity index (χ3n) is 5.87. The van der Waals surface area contributed by atoms with E-state index in [4.69, 9.17) is 4.74 Å². The highest BCUT2D eigenvalue weighted by Crippen LogP contribution is 2.29. The molecule has 0 aromatic heterocycles. The van der Waals surface area contributed by atoms with Crippen molar-refractivity contribution < 1.29 is 19.1 Å². The maximum atomic E-state index is 13.3. The molecule has 156 valence electrons. The van der Waals surface area contributed by atoms with E-state index in [9.17, 15) is 14.4 Å². The molecule has 2 atom stereocenters. The van der Waals surface area contributed by atoms with Crippen molar-refractivity contribution in [2.75, 3.05) is 20.2 Å². The molecule has 2 aliphatic rings. The van der Waals surface area contributed by atoms with Crippen LogP contribution in [0.4, 0.5) is 0 Å². The molecule has 0 unspecified atom stereocenters. The topological polar surface area (TPSA) is 66.9 Å². The molecule has 2 aliphatic heterocycles. The van der Waals surface area contributed by atoms with E-state index in [-0.39, 0.29) is 24.3 Å². The first-order valence-corrected chi connectivity index (χ1v) is 10.3. The standard InChI is InChI=1S/C24H26N2O4/c1-15-10-16(2)13-25(12-15)22(27)20-11-17(8-9-21(20)30-3)14-26-23(28)18-6-4-5-7-19(18)24(26)29/h4-9,11,15-16H,10,12-14H2,1-3H3/t15-,16-/m1/s1. The smallest absolute Gasteiger partial charge is 0.261 e. The first-order valence-electron chi connectivity index (χ1n) is 10.3. The minimum absolute atomic E-state index is 0.0746. The summed E-state index contributed by atoms with van der Waals surface area (Å²) in [5.41, 5.74) is 2.02. The molecule has 0 N–H and O–H groups in total. The van der Waals surface area contributed by atoms with Crippen molar-refractivity contribution >= 4 is 17.7 Å². The second-order valence-electron chi connectivity index (χ2n) is 8.43. The SMILES string of the molecule is COc1ccc(CN2C(=O)c3ccccc3C2=O)cc1C(=O)N1C[C@H](C)C[C@@H](C)C1. The second kappa shape index (κ2) is 7.94. The normalized spacial score (nSPS) is 21.0. The lowest BCUT2D eigenvalue weighted by Crippen LogP contribution is -2.42. The molecule has 0 radical (unpaired) electrons. The fourth-order valence-electron chi connectivity index (χ4n) is 4.59. The van der Waals surface area contributed by atoms with Crippen molar-refractivity contribution in [2.45, 2.75) is 26.8 Å². The van der Waals surface area contributed by atoms with Crippen molar-refractivity contribution in [3.05, 3.63) is 64.7 Å². The Morgan fingerprint density at radius 1 is 1.00 bits per heavy atom. The van der Waals surface area contributed by atoms with Gasteiger partial charge in [0.2, 0.25) is 0 Å². The molecular formula is C24H26N2O4. The van der Waals surface area contributed by atoms with E-state index < -0.39 is 0 Å². The Balaban J connectivity index is 1.60. The molecule has 4 rings (SSSR count). The summed E-state index contributed by atoms with van der Waals surface area (Å²) in [6.45, 7) is 5.87. The number of ether oxygens (including phenoxy) is 1. The number of amides is 3. The van der Waals surface area contributed by atoms with Crippen LogP contribution in [0.2, 0.25) is 0 Å². The van der Waals surface area contributed by atoms with Crippen LogP contribution >= 0.6 is 0 Å². The quantitative estimate of drug-likeness (QED) is 0.728. The molecule has 2 aromatic carbocycles. The number of hydrogen-bond donors (Lipinski definition) is 0. The van der Waals surface area contributed by atoms with E-state index in [1.54, 1.807) is 42.5 Å². The number of nitrogens with zero attached hydrogens (tertiary/aromatic N) is 2. The van der Waals surface area contributed by atoms with E-state index in [0.29, 0.717) is 39.8 Å². The van der Waals surface area contributed by atoms with E-state index in [2.05, 4.69) is 13.8 Å². The summed E-state index contributed by atoms with van der Waals surface area (Å²) in [7, 11) is 1.54. The van der Waals surface area contributed by atoms with E-state index >= 15 is 0 Å². The largest absolute Gasteiger partial charge is 0.496 e. The lowest BCUT2D eigenvalue weighted by molar-refractivity contribution is 0.0619. The molecule has 0 aliphatic carbocycles. The van der Waals surface area contributed by atoms with Gasteiger partial charge in [-0.2, -0.15) is 0 Å². The average molecular weight is 406 g/mol. The van der Waals surface area contributed by atoms with Gasteiger partial charge in [-0.05, 0) is 48.1 Å². The van der Waals surface area contributed by atoms with Crippen LogP contribution in [-0.2, 0) is 6.54 Å². The zero-order chi connectivity index (χ0) is 21.4. The average Bonchev–Trinajstić information content (AvgIpc) is 2.97. The number of fused-ring (bicyclic) bond motifs is 1. The van der Waals surface area contributed by atoms with Crippen LogP contribution in [-0.4, -0.2) is 47.7 Å². The molecule has 2 heterocycles. The number of likely N-dealkylation sites (tertiary alicyclic amines) is 1. The number of piperidine rings is 1. The van der Waals surface area contributed by atoms with E-state index in [1.807, 2.05) is 4.90 Å². The van der Waals surface area contributed by atoms with Gasteiger partial charge in [0, 0.05) is 13.1 Å². The Kier molecular flexibility index (Phi) is 5.33. The van der Waals surface area contributed by atoms with Crippen LogP contribution in [0.3, 0.4) is 0 Å². The zero-order valence-corrected chi connectivity index (χ0v) is 17.6. The summed E-state index contributed by atoms with van der Waals surface area (Å²) >= 11 is 0. The monoisotopic (exact) mass is 406 g/mol. The fraction of sp³-hybridized carbons (Fsp3) is 0.375. The Bertz CT molecular complexity index is 971. The maximum Gasteiger partial charge on any atom is 0.261 e. The Labute approximate surface area is 176 Å². The summed E-state index contributed by atoms with van der Waals surface area (Å²) in [6.07, 6.45) is 1.11. The molecule has 0 bridgehead atoms. The first-order chi connectivity index (χ1) is 14.4. The highest BCUT2D eigenvalue weighted by atomic mass is 16.5. The Morgan fingerprint density at radius 2 is 1.60 bits per heavy atom. The molecule has 1 fully saturated rings. The highest BCUT2D eigenvalue weighted by Gasteiger charge is 2.35. The summed E-state index contributed by atoms with van der Waals surface area (Å²) in [4.78, 5) is 41.7. The van der Waals surface area contributed by atoms with Gasteiger partial charge in [0.25, 0.3) is 17.7 Å². The summed E-state index contributed by atoms with van der Waals surface area (Å²) in [6, 6.07) is 12.1. The molecule has 6 nitrogen and oxygen atoms in total. The molecule has 0 spiro atoms. The maximum absolute atomic E-state index is 13.3. The van der Waals surface area contributed by atoms with Crippen LogP contribution in [0.5, 0.6) is 5.75 Å². The molecular weight excluding hydrogens is 380 g/mol. The van der Waals surface area contributed by atoms with Gasteiger partial charge in [0.05, 0.1) is 30.3 Å². The van der Waals surface area contributed by atoms with Gasteiger partial charge in [-0.1, -0.05) is 32.0 Å². The molecule has 3 amide bonds. The van der Waals surface area contributed by atoms with Crippen LogP contribution in [0.1, 0.15) is 56.9 Å². The number of methoxy groups -OCH3 is 1. The fourth-order valence-corrected chi connectivity index (χ4v) is 4.59. The van der Waals surface area contributed by atoms with E-state index in [0.717, 1.165) is 19.5 Å². The first kappa shape index (κ1) is 20.1. The van der Waals surface area contributed by atoms with Gasteiger partial charge in [0.15, 0.2) is 0 Å². The number of rotatable bonds is 4.